The number of allylic oxidation sites excluding steroid dienone is 2. The van der Waals surface area contributed by atoms with Gasteiger partial charge in [0.25, 0.3) is 0 Å². The van der Waals surface area contributed by atoms with Crippen LogP contribution in [-0.4, -0.2) is 39.8 Å². The van der Waals surface area contributed by atoms with Crippen molar-refractivity contribution in [3.05, 3.63) is 24.3 Å². The molecule has 1 fully saturated rings. The standard InChI is InChI=1S/C24H40O5/c1-5-6-9-12-19(26)14-15-21-20(22(27)17-23(21)28)13-10-7-8-11-16-24(3,4)29-18(2)25/h7,10,14-15,19-21,23,26,28H,5-6,8-9,11-13,16-17H2,1-4H3/t19-,20+,21+,23+/m0/s1. The van der Waals surface area contributed by atoms with Gasteiger partial charge in [-0.25, -0.2) is 0 Å². The third-order valence-electron chi connectivity index (χ3n) is 5.52. The first-order chi connectivity index (χ1) is 13.7. The molecule has 29 heavy (non-hydrogen) atoms. The topological polar surface area (TPSA) is 83.8 Å². The Morgan fingerprint density at radius 1 is 1.28 bits per heavy atom. The van der Waals surface area contributed by atoms with E-state index in [1.54, 1.807) is 6.08 Å². The van der Waals surface area contributed by atoms with E-state index in [0.717, 1.165) is 44.9 Å². The quantitative estimate of drug-likeness (QED) is 0.266. The van der Waals surface area contributed by atoms with E-state index >= 15 is 0 Å². The molecule has 0 aromatic rings. The number of esters is 1. The number of unbranched alkanes of at least 4 members (excludes halogenated alkanes) is 3. The van der Waals surface area contributed by atoms with Crippen LogP contribution < -0.4 is 0 Å². The van der Waals surface area contributed by atoms with Gasteiger partial charge in [0.1, 0.15) is 11.4 Å². The second kappa shape index (κ2) is 13.0. The summed E-state index contributed by atoms with van der Waals surface area (Å²) in [6.45, 7) is 7.36. The Hall–Kier alpha value is -1.46. The van der Waals surface area contributed by atoms with Crippen LogP contribution in [0.5, 0.6) is 0 Å². The number of hydrogen-bond donors (Lipinski definition) is 2. The third-order valence-corrected chi connectivity index (χ3v) is 5.52. The Kier molecular flexibility index (Phi) is 11.4. The number of carbonyl (C=O) groups is 2. The summed E-state index contributed by atoms with van der Waals surface area (Å²) in [5, 5.41) is 20.3. The minimum Gasteiger partial charge on any atom is -0.460 e. The van der Waals surface area contributed by atoms with Crippen LogP contribution >= 0.6 is 0 Å². The molecule has 0 aliphatic heterocycles. The normalized spacial score (nSPS) is 23.9. The minimum atomic E-state index is -0.662. The Morgan fingerprint density at radius 2 is 2.00 bits per heavy atom. The molecule has 0 aromatic carbocycles. The van der Waals surface area contributed by atoms with Crippen LogP contribution in [0.4, 0.5) is 0 Å². The van der Waals surface area contributed by atoms with Gasteiger partial charge in [-0.3, -0.25) is 9.59 Å². The Balaban J connectivity index is 2.46. The Bertz CT molecular complexity index is 564. The van der Waals surface area contributed by atoms with E-state index in [0.29, 0.717) is 6.42 Å². The lowest BCUT2D eigenvalue weighted by Crippen LogP contribution is -2.26. The van der Waals surface area contributed by atoms with Gasteiger partial charge in [0.15, 0.2) is 0 Å². The Morgan fingerprint density at radius 3 is 2.66 bits per heavy atom. The first kappa shape index (κ1) is 25.6. The summed E-state index contributed by atoms with van der Waals surface area (Å²) in [6, 6.07) is 0. The lowest BCUT2D eigenvalue weighted by molar-refractivity contribution is -0.154. The summed E-state index contributed by atoms with van der Waals surface area (Å²) in [4.78, 5) is 23.3. The molecular formula is C24H40O5. The largest absolute Gasteiger partial charge is 0.460 e. The van der Waals surface area contributed by atoms with E-state index in [4.69, 9.17) is 4.74 Å². The molecular weight excluding hydrogens is 368 g/mol. The van der Waals surface area contributed by atoms with E-state index in [-0.39, 0.29) is 30.0 Å². The van der Waals surface area contributed by atoms with E-state index in [2.05, 4.69) is 13.0 Å². The number of Topliss-reactive ketones (excluding diaryl/α,β-unsaturated/α-hetero) is 1. The van der Waals surface area contributed by atoms with Gasteiger partial charge < -0.3 is 14.9 Å². The molecule has 0 amide bonds. The smallest absolute Gasteiger partial charge is 0.303 e. The molecule has 4 atom stereocenters. The van der Waals surface area contributed by atoms with Crippen LogP contribution in [0.3, 0.4) is 0 Å². The van der Waals surface area contributed by atoms with Crippen LogP contribution in [0, 0.1) is 11.8 Å². The van der Waals surface area contributed by atoms with Crippen LogP contribution in [0.15, 0.2) is 24.3 Å². The zero-order valence-electron chi connectivity index (χ0n) is 18.6. The molecule has 1 rings (SSSR count). The molecule has 5 nitrogen and oxygen atoms in total. The zero-order valence-corrected chi connectivity index (χ0v) is 18.6. The van der Waals surface area contributed by atoms with Gasteiger partial charge in [-0.2, -0.15) is 0 Å². The molecule has 0 spiro atoms. The lowest BCUT2D eigenvalue weighted by atomic mass is 9.90. The summed E-state index contributed by atoms with van der Waals surface area (Å²) in [6.07, 6.45) is 13.7. The molecule has 0 saturated heterocycles. The summed E-state index contributed by atoms with van der Waals surface area (Å²) in [5.74, 6) is -0.625. The third kappa shape index (κ3) is 10.2. The van der Waals surface area contributed by atoms with Crippen LogP contribution in [-0.2, 0) is 14.3 Å². The summed E-state index contributed by atoms with van der Waals surface area (Å²) >= 11 is 0. The van der Waals surface area contributed by atoms with Gasteiger partial charge in [0, 0.05) is 25.2 Å². The molecule has 0 heterocycles. The van der Waals surface area contributed by atoms with E-state index in [9.17, 15) is 19.8 Å². The van der Waals surface area contributed by atoms with Crippen LogP contribution in [0.25, 0.3) is 0 Å². The molecule has 5 heteroatoms. The predicted molar refractivity (Wildman–Crippen MR) is 115 cm³/mol. The van der Waals surface area contributed by atoms with Gasteiger partial charge >= 0.3 is 5.97 Å². The number of carbonyl (C=O) groups excluding carboxylic acids is 2. The van der Waals surface area contributed by atoms with Crippen molar-refractivity contribution < 1.29 is 24.5 Å². The molecule has 0 radical (unpaired) electrons. The molecule has 0 unspecified atom stereocenters. The summed E-state index contributed by atoms with van der Waals surface area (Å²) < 4.78 is 5.28. The van der Waals surface area contributed by atoms with Crippen molar-refractivity contribution in [2.24, 2.45) is 11.8 Å². The van der Waals surface area contributed by atoms with Crippen molar-refractivity contribution in [1.82, 2.24) is 0 Å². The number of ketones is 1. The van der Waals surface area contributed by atoms with Gasteiger partial charge in [-0.05, 0) is 46.0 Å². The van der Waals surface area contributed by atoms with Crippen LogP contribution in [0.1, 0.15) is 85.5 Å². The molecule has 1 aliphatic rings. The molecule has 0 bridgehead atoms. The minimum absolute atomic E-state index is 0.0910. The maximum absolute atomic E-state index is 12.3. The van der Waals surface area contributed by atoms with Crippen molar-refractivity contribution in [3.8, 4) is 0 Å². The average molecular weight is 409 g/mol. The first-order valence-electron chi connectivity index (χ1n) is 11.1. The number of rotatable bonds is 13. The highest BCUT2D eigenvalue weighted by molar-refractivity contribution is 5.84. The SMILES string of the molecule is CCCCC[C@H](O)C=C[C@H]1[C@H](O)CC(=O)[C@@H]1CC=CCCCC(C)(C)OC(C)=O. The highest BCUT2D eigenvalue weighted by Crippen LogP contribution is 2.33. The Labute approximate surface area is 176 Å². The second-order valence-electron chi connectivity index (χ2n) is 8.82. The highest BCUT2D eigenvalue weighted by Gasteiger charge is 2.39. The fourth-order valence-corrected chi connectivity index (χ4v) is 3.93. The van der Waals surface area contributed by atoms with Crippen molar-refractivity contribution >= 4 is 11.8 Å². The fraction of sp³-hybridized carbons (Fsp3) is 0.750. The van der Waals surface area contributed by atoms with E-state index in [1.165, 1.54) is 6.92 Å². The molecule has 166 valence electrons. The van der Waals surface area contributed by atoms with E-state index < -0.39 is 17.8 Å². The fourth-order valence-electron chi connectivity index (χ4n) is 3.93. The molecule has 1 aliphatic carbocycles. The number of hydrogen-bond acceptors (Lipinski definition) is 5. The average Bonchev–Trinajstić information content (AvgIpc) is 2.88. The number of ether oxygens (including phenoxy) is 1. The van der Waals surface area contributed by atoms with Gasteiger partial charge in [0.05, 0.1) is 12.2 Å². The van der Waals surface area contributed by atoms with Gasteiger partial charge in [-0.1, -0.05) is 50.5 Å². The molecule has 1 saturated carbocycles. The number of aliphatic hydroxyl groups excluding tert-OH is 2. The van der Waals surface area contributed by atoms with E-state index in [1.807, 2.05) is 26.0 Å². The highest BCUT2D eigenvalue weighted by atomic mass is 16.6. The van der Waals surface area contributed by atoms with Crippen molar-refractivity contribution in [2.75, 3.05) is 0 Å². The summed E-state index contributed by atoms with van der Waals surface area (Å²) in [5.41, 5.74) is -0.459. The van der Waals surface area contributed by atoms with Crippen molar-refractivity contribution in [2.45, 2.75) is 103 Å². The van der Waals surface area contributed by atoms with Crippen molar-refractivity contribution in [3.63, 3.8) is 0 Å². The van der Waals surface area contributed by atoms with Gasteiger partial charge in [-0.15, -0.1) is 0 Å². The monoisotopic (exact) mass is 408 g/mol. The predicted octanol–water partition coefficient (Wildman–Crippen LogP) is 4.51. The maximum atomic E-state index is 12.3. The second-order valence-corrected chi connectivity index (χ2v) is 8.82. The first-order valence-corrected chi connectivity index (χ1v) is 11.1. The summed E-state index contributed by atoms with van der Waals surface area (Å²) in [7, 11) is 0. The van der Waals surface area contributed by atoms with Crippen molar-refractivity contribution in [1.29, 1.82) is 0 Å². The zero-order chi connectivity index (χ0) is 21.9. The maximum Gasteiger partial charge on any atom is 0.303 e. The lowest BCUT2D eigenvalue weighted by Gasteiger charge is -2.24. The molecule has 2 N–H and O–H groups in total. The number of aliphatic hydroxyl groups is 2. The van der Waals surface area contributed by atoms with Gasteiger partial charge in [0.2, 0.25) is 0 Å². The molecule has 0 aromatic heterocycles. The van der Waals surface area contributed by atoms with Crippen LogP contribution in [0.2, 0.25) is 0 Å².